The zero-order valence-corrected chi connectivity index (χ0v) is 16.6. The molecule has 29 heavy (non-hydrogen) atoms. The van der Waals surface area contributed by atoms with Gasteiger partial charge in [0, 0.05) is 16.0 Å². The van der Waals surface area contributed by atoms with E-state index < -0.39 is 0 Å². The molecule has 0 spiro atoms. The highest BCUT2D eigenvalue weighted by atomic mass is 32.1. The quantitative estimate of drug-likeness (QED) is 0.493. The first-order valence-electron chi connectivity index (χ1n) is 8.91. The van der Waals surface area contributed by atoms with Crippen molar-refractivity contribution >= 4 is 27.3 Å². The standard InChI is InChI=1S/C22H17FN2O3S/c1-12-19(14-3-7-15(23)8-4-14)20-21(27)24-18(25-22(20)29-12)11-17(26)13-5-9-16(28-2)10-6-13/h3-10H,11H2,1-2H3,(H,24,25,27). The van der Waals surface area contributed by atoms with E-state index in [9.17, 15) is 14.0 Å². The molecule has 5 nitrogen and oxygen atoms in total. The molecule has 2 aromatic carbocycles. The number of hydrogen-bond donors (Lipinski definition) is 1. The molecular weight excluding hydrogens is 391 g/mol. The summed E-state index contributed by atoms with van der Waals surface area (Å²) in [5.74, 6) is 0.492. The average Bonchev–Trinajstić information content (AvgIpc) is 3.05. The summed E-state index contributed by atoms with van der Waals surface area (Å²) in [6.45, 7) is 1.90. The maximum absolute atomic E-state index is 13.3. The van der Waals surface area contributed by atoms with E-state index >= 15 is 0 Å². The lowest BCUT2D eigenvalue weighted by molar-refractivity contribution is 0.0991. The van der Waals surface area contributed by atoms with E-state index in [4.69, 9.17) is 4.74 Å². The summed E-state index contributed by atoms with van der Waals surface area (Å²) in [5, 5.41) is 0.458. The zero-order chi connectivity index (χ0) is 20.5. The van der Waals surface area contributed by atoms with Gasteiger partial charge in [-0.3, -0.25) is 9.59 Å². The predicted octanol–water partition coefficient (Wildman–Crippen LogP) is 4.53. The van der Waals surface area contributed by atoms with Gasteiger partial charge in [0.25, 0.3) is 5.56 Å². The van der Waals surface area contributed by atoms with Crippen molar-refractivity contribution in [3.05, 3.63) is 81.0 Å². The van der Waals surface area contributed by atoms with Crippen molar-refractivity contribution in [2.75, 3.05) is 7.11 Å². The number of carbonyl (C=O) groups is 1. The molecule has 4 aromatic rings. The van der Waals surface area contributed by atoms with E-state index in [1.807, 2.05) is 6.92 Å². The van der Waals surface area contributed by atoms with Crippen molar-refractivity contribution in [2.45, 2.75) is 13.3 Å². The van der Waals surface area contributed by atoms with Gasteiger partial charge in [-0.2, -0.15) is 0 Å². The zero-order valence-electron chi connectivity index (χ0n) is 15.8. The van der Waals surface area contributed by atoms with Crippen LogP contribution in [0.5, 0.6) is 5.75 Å². The number of ether oxygens (including phenoxy) is 1. The number of nitrogens with zero attached hydrogens (tertiary/aromatic N) is 1. The number of nitrogens with one attached hydrogen (secondary N) is 1. The summed E-state index contributed by atoms with van der Waals surface area (Å²) >= 11 is 1.38. The molecule has 2 heterocycles. The van der Waals surface area contributed by atoms with E-state index in [2.05, 4.69) is 9.97 Å². The van der Waals surface area contributed by atoms with Crippen molar-refractivity contribution in [1.29, 1.82) is 0 Å². The maximum Gasteiger partial charge on any atom is 0.260 e. The number of ketones is 1. The number of aryl methyl sites for hydroxylation is 1. The van der Waals surface area contributed by atoms with Crippen LogP contribution < -0.4 is 10.3 Å². The smallest absolute Gasteiger partial charge is 0.260 e. The Morgan fingerprint density at radius 1 is 1.14 bits per heavy atom. The second kappa shape index (κ2) is 7.60. The first kappa shape index (κ1) is 19.0. The highest BCUT2D eigenvalue weighted by Crippen LogP contribution is 2.35. The van der Waals surface area contributed by atoms with Gasteiger partial charge in [0.1, 0.15) is 22.2 Å². The van der Waals surface area contributed by atoms with E-state index in [0.717, 1.165) is 16.0 Å². The molecule has 0 atom stereocenters. The molecule has 0 amide bonds. The third-order valence-corrected chi connectivity index (χ3v) is 5.66. The number of Topliss-reactive ketones (excluding diaryl/α,β-unsaturated/α-hetero) is 1. The first-order chi connectivity index (χ1) is 14.0. The van der Waals surface area contributed by atoms with Gasteiger partial charge in [0.15, 0.2) is 5.78 Å². The second-order valence-electron chi connectivity index (χ2n) is 6.56. The predicted molar refractivity (Wildman–Crippen MR) is 111 cm³/mol. The fourth-order valence-corrected chi connectivity index (χ4v) is 4.31. The van der Waals surface area contributed by atoms with Crippen LogP contribution in [-0.2, 0) is 6.42 Å². The SMILES string of the molecule is COc1ccc(C(=O)Cc2nc3sc(C)c(-c4ccc(F)cc4)c3c(=O)[nH]2)cc1. The van der Waals surface area contributed by atoms with E-state index in [0.29, 0.717) is 27.4 Å². The van der Waals surface area contributed by atoms with E-state index in [1.54, 1.807) is 43.5 Å². The number of fused-ring (bicyclic) bond motifs is 1. The lowest BCUT2D eigenvalue weighted by Crippen LogP contribution is -2.15. The summed E-state index contributed by atoms with van der Waals surface area (Å²) in [6.07, 6.45) is -0.0136. The highest BCUT2D eigenvalue weighted by molar-refractivity contribution is 7.19. The molecule has 146 valence electrons. The van der Waals surface area contributed by atoms with Crippen LogP contribution in [0.4, 0.5) is 4.39 Å². The Kier molecular flexibility index (Phi) is 4.98. The number of aromatic nitrogens is 2. The van der Waals surface area contributed by atoms with Gasteiger partial charge in [-0.25, -0.2) is 9.37 Å². The molecule has 0 aliphatic heterocycles. The van der Waals surface area contributed by atoms with Gasteiger partial charge in [0.2, 0.25) is 0 Å². The van der Waals surface area contributed by atoms with Crippen molar-refractivity contribution < 1.29 is 13.9 Å². The Hall–Kier alpha value is -3.32. The number of methoxy groups -OCH3 is 1. The number of benzene rings is 2. The average molecular weight is 408 g/mol. The Balaban J connectivity index is 1.70. The minimum Gasteiger partial charge on any atom is -0.497 e. The minimum atomic E-state index is -0.336. The van der Waals surface area contributed by atoms with Crippen LogP contribution in [0, 0.1) is 12.7 Å². The van der Waals surface area contributed by atoms with Crippen LogP contribution >= 0.6 is 11.3 Å². The van der Waals surface area contributed by atoms with Gasteiger partial charge in [-0.15, -0.1) is 11.3 Å². The third kappa shape index (κ3) is 3.69. The van der Waals surface area contributed by atoms with Crippen LogP contribution in [-0.4, -0.2) is 22.9 Å². The molecule has 0 aliphatic rings. The van der Waals surface area contributed by atoms with Gasteiger partial charge in [-0.05, 0) is 48.9 Å². The van der Waals surface area contributed by atoms with Gasteiger partial charge < -0.3 is 9.72 Å². The molecule has 0 saturated heterocycles. The Morgan fingerprint density at radius 3 is 2.48 bits per heavy atom. The van der Waals surface area contributed by atoms with Gasteiger partial charge in [-0.1, -0.05) is 12.1 Å². The maximum atomic E-state index is 13.3. The molecule has 4 rings (SSSR count). The van der Waals surface area contributed by atoms with Crippen molar-refractivity contribution in [3.8, 4) is 16.9 Å². The number of rotatable bonds is 5. The Bertz CT molecular complexity index is 1260. The van der Waals surface area contributed by atoms with Gasteiger partial charge in [0.05, 0.1) is 18.9 Å². The number of H-pyrrole nitrogens is 1. The van der Waals surface area contributed by atoms with Crippen molar-refractivity contribution in [1.82, 2.24) is 9.97 Å². The number of carbonyl (C=O) groups excluding carboxylic acids is 1. The molecule has 0 aliphatic carbocycles. The molecule has 0 unspecified atom stereocenters. The minimum absolute atomic E-state index is 0.0136. The first-order valence-corrected chi connectivity index (χ1v) is 9.73. The molecule has 0 radical (unpaired) electrons. The number of thiophene rings is 1. The van der Waals surface area contributed by atoms with Crippen LogP contribution in [0.1, 0.15) is 21.1 Å². The highest BCUT2D eigenvalue weighted by Gasteiger charge is 2.18. The molecule has 0 bridgehead atoms. The second-order valence-corrected chi connectivity index (χ2v) is 7.76. The fourth-order valence-electron chi connectivity index (χ4n) is 3.24. The number of hydrogen-bond acceptors (Lipinski definition) is 5. The molecule has 1 N–H and O–H groups in total. The van der Waals surface area contributed by atoms with Gasteiger partial charge >= 0.3 is 0 Å². The number of aromatic amines is 1. The fraction of sp³-hybridized carbons (Fsp3) is 0.136. The molecular formula is C22H17FN2O3S. The Labute approximate surface area is 169 Å². The summed E-state index contributed by atoms with van der Waals surface area (Å²) in [4.78, 5) is 34.0. The summed E-state index contributed by atoms with van der Waals surface area (Å²) in [6, 6.07) is 12.8. The lowest BCUT2D eigenvalue weighted by Gasteiger charge is -2.04. The van der Waals surface area contributed by atoms with Crippen molar-refractivity contribution in [3.63, 3.8) is 0 Å². The van der Waals surface area contributed by atoms with Crippen LogP contribution in [0.2, 0.25) is 0 Å². The summed E-state index contributed by atoms with van der Waals surface area (Å²) in [7, 11) is 1.56. The molecule has 2 aromatic heterocycles. The van der Waals surface area contributed by atoms with E-state index in [-0.39, 0.29) is 23.6 Å². The monoisotopic (exact) mass is 408 g/mol. The lowest BCUT2D eigenvalue weighted by atomic mass is 10.0. The number of halogens is 1. The van der Waals surface area contributed by atoms with E-state index in [1.165, 1.54) is 23.5 Å². The summed E-state index contributed by atoms with van der Waals surface area (Å²) in [5.41, 5.74) is 1.70. The normalized spacial score (nSPS) is 11.0. The van der Waals surface area contributed by atoms with Crippen molar-refractivity contribution in [2.24, 2.45) is 0 Å². The molecule has 0 fully saturated rings. The topological polar surface area (TPSA) is 72.0 Å². The van der Waals surface area contributed by atoms with Crippen LogP contribution in [0.25, 0.3) is 21.3 Å². The van der Waals surface area contributed by atoms with Crippen LogP contribution in [0.3, 0.4) is 0 Å². The molecule has 0 saturated carbocycles. The third-order valence-electron chi connectivity index (χ3n) is 4.66. The largest absolute Gasteiger partial charge is 0.497 e. The van der Waals surface area contributed by atoms with Crippen LogP contribution in [0.15, 0.2) is 53.3 Å². The Morgan fingerprint density at radius 2 is 1.83 bits per heavy atom. The summed E-state index contributed by atoms with van der Waals surface area (Å²) < 4.78 is 18.4. The molecule has 7 heteroatoms.